The number of aryl methyl sites for hydroxylation is 2. The summed E-state index contributed by atoms with van der Waals surface area (Å²) in [6.07, 6.45) is 9.79. The second kappa shape index (κ2) is 12.5. The smallest absolute Gasteiger partial charge is 0.230 e. The number of anilines is 2. The van der Waals surface area contributed by atoms with Gasteiger partial charge in [0.05, 0.1) is 18.5 Å². The number of hydrogen-bond donors (Lipinski definition) is 3. The van der Waals surface area contributed by atoms with E-state index in [2.05, 4.69) is 36.3 Å². The Balaban J connectivity index is 1.14. The number of rotatable bonds is 11. The summed E-state index contributed by atoms with van der Waals surface area (Å²) in [5.74, 6) is 0.224. The molecule has 0 fully saturated rings. The highest BCUT2D eigenvalue weighted by molar-refractivity contribution is 7.15. The van der Waals surface area contributed by atoms with Crippen LogP contribution >= 0.6 is 11.3 Å². The first kappa shape index (κ1) is 24.2. The zero-order chi connectivity index (χ0) is 24.3. The van der Waals surface area contributed by atoms with E-state index in [1.165, 1.54) is 11.3 Å². The topological polar surface area (TPSA) is 122 Å². The summed E-state index contributed by atoms with van der Waals surface area (Å²) in [6.45, 7) is 0.788. The Morgan fingerprint density at radius 1 is 0.886 bits per heavy atom. The molecule has 3 heterocycles. The Bertz CT molecular complexity index is 1190. The van der Waals surface area contributed by atoms with Crippen molar-refractivity contribution in [3.8, 4) is 0 Å². The first-order valence-corrected chi connectivity index (χ1v) is 12.3. The molecule has 0 atom stereocenters. The van der Waals surface area contributed by atoms with Gasteiger partial charge in [-0.2, -0.15) is 5.10 Å². The van der Waals surface area contributed by atoms with E-state index in [0.717, 1.165) is 54.1 Å². The minimum atomic E-state index is -0.120. The third kappa shape index (κ3) is 8.11. The van der Waals surface area contributed by atoms with Gasteiger partial charge in [0.25, 0.3) is 0 Å². The number of unbranched alkanes of at least 4 members (excludes halogenated alkanes) is 1. The van der Waals surface area contributed by atoms with Crippen molar-refractivity contribution in [3.05, 3.63) is 82.7 Å². The van der Waals surface area contributed by atoms with E-state index in [1.807, 2.05) is 54.8 Å². The molecule has 10 heteroatoms. The highest BCUT2D eigenvalue weighted by Gasteiger charge is 2.11. The first-order chi connectivity index (χ1) is 17.1. The van der Waals surface area contributed by atoms with Gasteiger partial charge in [0.15, 0.2) is 5.82 Å². The Morgan fingerprint density at radius 3 is 2.49 bits per heavy atom. The van der Waals surface area contributed by atoms with Crippen molar-refractivity contribution in [1.82, 2.24) is 25.7 Å². The van der Waals surface area contributed by atoms with E-state index >= 15 is 0 Å². The zero-order valence-electron chi connectivity index (χ0n) is 19.2. The van der Waals surface area contributed by atoms with Gasteiger partial charge in [-0.15, -0.1) is 15.3 Å². The number of carbonyl (C=O) groups excluding carboxylic acids is 2. The third-order valence-electron chi connectivity index (χ3n) is 5.20. The summed E-state index contributed by atoms with van der Waals surface area (Å²) in [7, 11) is 0. The molecule has 4 rings (SSSR count). The van der Waals surface area contributed by atoms with Crippen LogP contribution in [-0.2, 0) is 28.9 Å². The van der Waals surface area contributed by atoms with Crippen molar-refractivity contribution >= 4 is 34.1 Å². The summed E-state index contributed by atoms with van der Waals surface area (Å²) < 4.78 is 0. The Labute approximate surface area is 207 Å². The van der Waals surface area contributed by atoms with E-state index < -0.39 is 0 Å². The molecule has 0 unspecified atom stereocenters. The average Bonchev–Trinajstić information content (AvgIpc) is 3.31. The molecule has 35 heavy (non-hydrogen) atoms. The number of carbonyl (C=O) groups is 2. The molecule has 0 saturated carbocycles. The fraction of sp³-hybridized carbons (Fsp3) is 0.280. The van der Waals surface area contributed by atoms with Crippen molar-refractivity contribution in [2.75, 3.05) is 17.2 Å². The van der Waals surface area contributed by atoms with Crippen molar-refractivity contribution in [2.24, 2.45) is 0 Å². The molecule has 0 radical (unpaired) electrons. The molecule has 1 aliphatic heterocycles. The van der Waals surface area contributed by atoms with Crippen LogP contribution in [0.25, 0.3) is 0 Å². The van der Waals surface area contributed by atoms with Crippen LogP contribution in [0.1, 0.15) is 35.5 Å². The van der Waals surface area contributed by atoms with E-state index in [4.69, 9.17) is 0 Å². The van der Waals surface area contributed by atoms with Crippen molar-refractivity contribution in [1.29, 1.82) is 0 Å². The summed E-state index contributed by atoms with van der Waals surface area (Å²) in [5.41, 5.74) is 2.76. The minimum absolute atomic E-state index is 0.106. The minimum Gasteiger partial charge on any atom is -0.387 e. The van der Waals surface area contributed by atoms with E-state index in [9.17, 15) is 9.59 Å². The van der Waals surface area contributed by atoms with Crippen molar-refractivity contribution in [2.45, 2.75) is 38.5 Å². The SMILES string of the molecule is O=C(Cc1ccccc1)Nc1ccc(CCCCc2nnc(NC(=O)CC3=CNCC=C3)s2)nn1. The molecule has 180 valence electrons. The maximum Gasteiger partial charge on any atom is 0.230 e. The number of aromatic nitrogens is 4. The number of hydrogen-bond acceptors (Lipinski definition) is 8. The monoisotopic (exact) mass is 489 g/mol. The predicted molar refractivity (Wildman–Crippen MR) is 136 cm³/mol. The zero-order valence-corrected chi connectivity index (χ0v) is 20.1. The highest BCUT2D eigenvalue weighted by Crippen LogP contribution is 2.19. The molecule has 1 aliphatic rings. The maximum absolute atomic E-state index is 12.2. The number of benzene rings is 1. The summed E-state index contributed by atoms with van der Waals surface area (Å²) in [4.78, 5) is 24.3. The molecular weight excluding hydrogens is 462 g/mol. The molecule has 9 nitrogen and oxygen atoms in total. The number of amides is 2. The lowest BCUT2D eigenvalue weighted by Crippen LogP contribution is -2.15. The van der Waals surface area contributed by atoms with Crippen LogP contribution in [0.3, 0.4) is 0 Å². The molecule has 0 saturated heterocycles. The lowest BCUT2D eigenvalue weighted by molar-refractivity contribution is -0.116. The van der Waals surface area contributed by atoms with Crippen LogP contribution < -0.4 is 16.0 Å². The van der Waals surface area contributed by atoms with Crippen LogP contribution in [0.2, 0.25) is 0 Å². The van der Waals surface area contributed by atoms with Gasteiger partial charge in [0.2, 0.25) is 16.9 Å². The molecule has 1 aromatic carbocycles. The summed E-state index contributed by atoms with van der Waals surface area (Å²) in [5, 5.41) is 26.7. The molecule has 2 aromatic heterocycles. The van der Waals surface area contributed by atoms with E-state index in [0.29, 0.717) is 23.8 Å². The molecule has 0 aliphatic carbocycles. The van der Waals surface area contributed by atoms with Gasteiger partial charge in [-0.05, 0) is 42.5 Å². The molecule has 0 spiro atoms. The predicted octanol–water partition coefficient (Wildman–Crippen LogP) is 3.45. The molecule has 3 aromatic rings. The second-order valence-corrected chi connectivity index (χ2v) is 9.15. The molecular formula is C25H27N7O2S. The second-order valence-electron chi connectivity index (χ2n) is 8.08. The molecule has 2 amide bonds. The van der Waals surface area contributed by atoms with Gasteiger partial charge in [0.1, 0.15) is 5.01 Å². The highest BCUT2D eigenvalue weighted by atomic mass is 32.1. The Kier molecular flexibility index (Phi) is 8.66. The maximum atomic E-state index is 12.2. The largest absolute Gasteiger partial charge is 0.387 e. The van der Waals surface area contributed by atoms with Gasteiger partial charge in [0, 0.05) is 19.2 Å². The van der Waals surface area contributed by atoms with Crippen LogP contribution in [-0.4, -0.2) is 38.8 Å². The van der Waals surface area contributed by atoms with Crippen LogP contribution in [0, 0.1) is 0 Å². The fourth-order valence-corrected chi connectivity index (χ4v) is 4.29. The number of nitrogens with one attached hydrogen (secondary N) is 3. The van der Waals surface area contributed by atoms with Gasteiger partial charge < -0.3 is 16.0 Å². The van der Waals surface area contributed by atoms with Gasteiger partial charge in [-0.1, -0.05) is 53.8 Å². The summed E-state index contributed by atoms with van der Waals surface area (Å²) >= 11 is 1.40. The van der Waals surface area contributed by atoms with Crippen molar-refractivity contribution in [3.63, 3.8) is 0 Å². The normalized spacial score (nSPS) is 12.5. The number of nitrogens with zero attached hydrogens (tertiary/aromatic N) is 4. The van der Waals surface area contributed by atoms with Crippen LogP contribution in [0.4, 0.5) is 10.9 Å². The van der Waals surface area contributed by atoms with Crippen molar-refractivity contribution < 1.29 is 9.59 Å². The number of allylic oxidation sites excluding steroid dienone is 1. The lowest BCUT2D eigenvalue weighted by Gasteiger charge is -2.07. The van der Waals surface area contributed by atoms with Gasteiger partial charge in [-0.25, -0.2) is 0 Å². The van der Waals surface area contributed by atoms with E-state index in [1.54, 1.807) is 6.07 Å². The number of dihydropyridines is 1. The third-order valence-corrected chi connectivity index (χ3v) is 6.10. The Morgan fingerprint density at radius 2 is 1.71 bits per heavy atom. The first-order valence-electron chi connectivity index (χ1n) is 11.5. The molecule has 3 N–H and O–H groups in total. The van der Waals surface area contributed by atoms with Crippen LogP contribution in [0.5, 0.6) is 0 Å². The standard InChI is InChI=1S/C25H27N7O2S/c33-22(15-18-7-2-1-3-8-18)27-21-13-12-20(29-30-21)10-4-5-11-24-31-32-25(35-24)28-23(34)16-19-9-6-14-26-17-19/h1-3,6-9,12-13,17,26H,4-5,10-11,14-16H2,(H,27,30,33)(H,28,32,34). The van der Waals surface area contributed by atoms with Crippen LogP contribution in [0.15, 0.2) is 66.4 Å². The van der Waals surface area contributed by atoms with Gasteiger partial charge in [-0.3, -0.25) is 9.59 Å². The lowest BCUT2D eigenvalue weighted by atomic mass is 10.1. The van der Waals surface area contributed by atoms with E-state index in [-0.39, 0.29) is 11.8 Å². The quantitative estimate of drug-likeness (QED) is 0.353. The summed E-state index contributed by atoms with van der Waals surface area (Å²) in [6, 6.07) is 13.2. The molecule has 0 bridgehead atoms. The van der Waals surface area contributed by atoms with Gasteiger partial charge >= 0.3 is 0 Å². The fourth-order valence-electron chi connectivity index (χ4n) is 3.49. The Hall–Kier alpha value is -3.92. The average molecular weight is 490 g/mol.